The van der Waals surface area contributed by atoms with Crippen molar-refractivity contribution < 1.29 is 74.4 Å². The van der Waals surface area contributed by atoms with Crippen molar-refractivity contribution in [1.29, 1.82) is 0 Å². The Morgan fingerprint density at radius 3 is 2.07 bits per heavy atom. The van der Waals surface area contributed by atoms with Gasteiger partial charge < -0.3 is 69.6 Å². The number of hydrogen-bond donors (Lipinski definition) is 9. The van der Waals surface area contributed by atoms with E-state index in [0.29, 0.717) is 5.56 Å². The number of carbonyl (C=O) groups is 1. The molecule has 2 fully saturated rings. The number of aromatic hydroxyl groups is 3. The molecule has 2 aliphatic heterocycles. The number of methoxy groups -OCH3 is 1. The molecule has 0 radical (unpaired) electrons. The van der Waals surface area contributed by atoms with E-state index < -0.39 is 90.9 Å². The number of ketones is 1. The van der Waals surface area contributed by atoms with Crippen LogP contribution < -0.4 is 9.47 Å². The summed E-state index contributed by atoms with van der Waals surface area (Å²) in [4.78, 5) is 12.7. The van der Waals surface area contributed by atoms with Gasteiger partial charge in [0, 0.05) is 12.1 Å². The second-order valence-electron chi connectivity index (χ2n) is 10.1. The van der Waals surface area contributed by atoms with E-state index in [-0.39, 0.29) is 17.2 Å². The van der Waals surface area contributed by atoms with Crippen molar-refractivity contribution in [3.8, 4) is 28.7 Å². The van der Waals surface area contributed by atoms with E-state index in [1.807, 2.05) is 0 Å². The Balaban J connectivity index is 1.43. The number of hydrogen-bond acceptors (Lipinski definition) is 15. The van der Waals surface area contributed by atoms with Crippen LogP contribution in [0.25, 0.3) is 6.08 Å². The standard InChI is InChI=1S/C28H34O15/c1-11-21(33)23(35)25(37)27(41-11)40-10-19-22(34)24(36)26(38)28(43-19)42-13-8-16(31)20(17(32)9-13)14(29)5-3-12-4-6-18(39-2)15(30)7-12/h3-9,11,19,21-28,30-38H,10H2,1-2H3/b5-3+/t11?,19?,21-,22+,23?,24?,25?,26?,27+,28+/m0/s1. The zero-order valence-electron chi connectivity index (χ0n) is 23.0. The largest absolute Gasteiger partial charge is 0.507 e. The van der Waals surface area contributed by atoms with E-state index >= 15 is 0 Å². The number of benzene rings is 2. The highest BCUT2D eigenvalue weighted by molar-refractivity contribution is 6.10. The van der Waals surface area contributed by atoms with Crippen LogP contribution in [0, 0.1) is 0 Å². The van der Waals surface area contributed by atoms with E-state index in [0.717, 1.165) is 18.2 Å². The third kappa shape index (κ3) is 7.01. The number of aliphatic hydroxyl groups is 6. The molecule has 236 valence electrons. The Kier molecular flexibility index (Phi) is 10.1. The maximum absolute atomic E-state index is 12.7. The SMILES string of the molecule is COc1ccc(/C=C/C(=O)c2c(O)cc(O[C@@H]3OC(CO[C@@H]4OC(C)[C@H](O)C(O)C4O)[C@@H](O)C(O)C3O)cc2O)cc1O. The lowest BCUT2D eigenvalue weighted by Crippen LogP contribution is -2.61. The summed E-state index contributed by atoms with van der Waals surface area (Å²) in [6, 6.07) is 6.31. The van der Waals surface area contributed by atoms with Crippen LogP contribution in [0.1, 0.15) is 22.8 Å². The minimum absolute atomic E-state index is 0.156. The first kappa shape index (κ1) is 32.4. The Labute approximate surface area is 245 Å². The van der Waals surface area contributed by atoms with E-state index in [1.165, 1.54) is 32.2 Å². The third-order valence-corrected chi connectivity index (χ3v) is 7.10. The number of rotatable bonds is 9. The highest BCUT2D eigenvalue weighted by atomic mass is 16.7. The summed E-state index contributed by atoms with van der Waals surface area (Å²) in [5.74, 6) is -2.37. The molecule has 2 saturated heterocycles. The number of ether oxygens (including phenoxy) is 5. The summed E-state index contributed by atoms with van der Waals surface area (Å²) in [5, 5.41) is 91.9. The zero-order chi connectivity index (χ0) is 31.6. The van der Waals surface area contributed by atoms with Crippen LogP contribution in [0.15, 0.2) is 36.4 Å². The molecule has 0 bridgehead atoms. The van der Waals surface area contributed by atoms with Gasteiger partial charge in [0.2, 0.25) is 6.29 Å². The quantitative estimate of drug-likeness (QED) is 0.119. The predicted octanol–water partition coefficient (Wildman–Crippen LogP) is -1.26. The summed E-state index contributed by atoms with van der Waals surface area (Å²) in [5.41, 5.74) is -0.0399. The molecule has 15 nitrogen and oxygen atoms in total. The molecule has 10 atom stereocenters. The Bertz CT molecular complexity index is 1290. The van der Waals surface area contributed by atoms with Gasteiger partial charge in [0.1, 0.15) is 65.5 Å². The fourth-order valence-corrected chi connectivity index (χ4v) is 4.60. The molecule has 43 heavy (non-hydrogen) atoms. The van der Waals surface area contributed by atoms with Crippen molar-refractivity contribution in [2.75, 3.05) is 13.7 Å². The van der Waals surface area contributed by atoms with E-state index in [4.69, 9.17) is 23.7 Å². The fourth-order valence-electron chi connectivity index (χ4n) is 4.60. The predicted molar refractivity (Wildman–Crippen MR) is 143 cm³/mol. The normalized spacial score (nSPS) is 32.9. The van der Waals surface area contributed by atoms with Crippen molar-refractivity contribution in [2.45, 2.75) is 68.3 Å². The van der Waals surface area contributed by atoms with Gasteiger partial charge >= 0.3 is 0 Å². The van der Waals surface area contributed by atoms with Gasteiger partial charge in [0.15, 0.2) is 23.6 Å². The maximum atomic E-state index is 12.7. The van der Waals surface area contributed by atoms with E-state index in [9.17, 15) is 50.8 Å². The van der Waals surface area contributed by atoms with Gasteiger partial charge in [0.05, 0.1) is 19.8 Å². The average molecular weight is 611 g/mol. The Morgan fingerprint density at radius 1 is 0.814 bits per heavy atom. The molecule has 0 amide bonds. The molecule has 0 aromatic heterocycles. The van der Waals surface area contributed by atoms with Crippen molar-refractivity contribution in [3.63, 3.8) is 0 Å². The Hall–Kier alpha value is -3.51. The summed E-state index contributed by atoms with van der Waals surface area (Å²) < 4.78 is 26.7. The van der Waals surface area contributed by atoms with Gasteiger partial charge in [0.25, 0.3) is 0 Å². The zero-order valence-corrected chi connectivity index (χ0v) is 23.0. The van der Waals surface area contributed by atoms with Crippen LogP contribution in [0.2, 0.25) is 0 Å². The van der Waals surface area contributed by atoms with Crippen LogP contribution in [-0.4, -0.2) is 127 Å². The minimum Gasteiger partial charge on any atom is -0.507 e. The molecule has 0 aliphatic carbocycles. The Morgan fingerprint density at radius 2 is 1.44 bits per heavy atom. The lowest BCUT2D eigenvalue weighted by molar-refractivity contribution is -0.318. The van der Waals surface area contributed by atoms with Gasteiger partial charge in [-0.1, -0.05) is 12.1 Å². The lowest BCUT2D eigenvalue weighted by atomic mass is 9.98. The first-order valence-corrected chi connectivity index (χ1v) is 13.1. The van der Waals surface area contributed by atoms with Crippen molar-refractivity contribution in [3.05, 3.63) is 47.5 Å². The second kappa shape index (κ2) is 13.4. The molecule has 15 heteroatoms. The molecule has 6 unspecified atom stereocenters. The molecular formula is C28H34O15. The third-order valence-electron chi connectivity index (χ3n) is 7.10. The van der Waals surface area contributed by atoms with Crippen LogP contribution >= 0.6 is 0 Å². The van der Waals surface area contributed by atoms with E-state index in [1.54, 1.807) is 6.07 Å². The second-order valence-corrected chi connectivity index (χ2v) is 10.1. The number of carbonyl (C=O) groups excluding carboxylic acids is 1. The van der Waals surface area contributed by atoms with Crippen LogP contribution in [0.4, 0.5) is 0 Å². The van der Waals surface area contributed by atoms with Crippen LogP contribution in [0.3, 0.4) is 0 Å². The van der Waals surface area contributed by atoms with Gasteiger partial charge in [-0.15, -0.1) is 0 Å². The van der Waals surface area contributed by atoms with Gasteiger partial charge in [-0.05, 0) is 30.7 Å². The molecule has 0 saturated carbocycles. The summed E-state index contributed by atoms with van der Waals surface area (Å²) >= 11 is 0. The maximum Gasteiger partial charge on any atom is 0.229 e. The number of phenolic OH excluding ortho intramolecular Hbond substituents is 3. The van der Waals surface area contributed by atoms with Crippen LogP contribution in [0.5, 0.6) is 28.7 Å². The molecule has 2 heterocycles. The molecule has 9 N–H and O–H groups in total. The first-order chi connectivity index (χ1) is 20.3. The summed E-state index contributed by atoms with van der Waals surface area (Å²) in [7, 11) is 1.38. The highest BCUT2D eigenvalue weighted by Gasteiger charge is 2.47. The summed E-state index contributed by atoms with van der Waals surface area (Å²) in [6.45, 7) is 0.920. The molecule has 2 aliphatic rings. The van der Waals surface area contributed by atoms with Gasteiger partial charge in [-0.2, -0.15) is 0 Å². The first-order valence-electron chi connectivity index (χ1n) is 13.1. The lowest BCUT2D eigenvalue weighted by Gasteiger charge is -2.42. The molecular weight excluding hydrogens is 576 g/mol. The number of aliphatic hydroxyl groups excluding tert-OH is 6. The highest BCUT2D eigenvalue weighted by Crippen LogP contribution is 2.35. The topological polar surface area (TPSA) is 245 Å². The fraction of sp³-hybridized carbons (Fsp3) is 0.464. The monoisotopic (exact) mass is 610 g/mol. The minimum atomic E-state index is -1.81. The van der Waals surface area contributed by atoms with Gasteiger partial charge in [-0.3, -0.25) is 4.79 Å². The molecule has 2 aromatic carbocycles. The molecule has 0 spiro atoms. The smallest absolute Gasteiger partial charge is 0.229 e. The van der Waals surface area contributed by atoms with Gasteiger partial charge in [-0.25, -0.2) is 0 Å². The van der Waals surface area contributed by atoms with Crippen molar-refractivity contribution >= 4 is 11.9 Å². The average Bonchev–Trinajstić information content (AvgIpc) is 2.96. The number of phenols is 3. The van der Waals surface area contributed by atoms with Crippen molar-refractivity contribution in [1.82, 2.24) is 0 Å². The molecule has 4 rings (SSSR count). The van der Waals surface area contributed by atoms with E-state index in [2.05, 4.69) is 0 Å². The van der Waals surface area contributed by atoms with Crippen molar-refractivity contribution in [2.24, 2.45) is 0 Å². The molecule has 2 aromatic rings. The van der Waals surface area contributed by atoms with Crippen LogP contribution in [-0.2, 0) is 14.2 Å². The number of allylic oxidation sites excluding steroid dienone is 1. The summed E-state index contributed by atoms with van der Waals surface area (Å²) in [6.07, 6.45) is -12.8.